The molecule has 0 N–H and O–H groups in total. The smallest absolute Gasteiger partial charge is 0.306 e. The van der Waals surface area contributed by atoms with Crippen molar-refractivity contribution in [3.05, 3.63) is 72.9 Å². The van der Waals surface area contributed by atoms with Crippen molar-refractivity contribution in [1.82, 2.24) is 0 Å². The van der Waals surface area contributed by atoms with Crippen molar-refractivity contribution < 1.29 is 28.6 Å². The normalized spacial score (nSPS) is 12.7. The molecule has 0 aromatic carbocycles. The fourth-order valence-electron chi connectivity index (χ4n) is 6.80. The first-order valence-electron chi connectivity index (χ1n) is 25.0. The van der Waals surface area contributed by atoms with Crippen LogP contribution in [0, 0.1) is 0 Å². The third-order valence-electron chi connectivity index (χ3n) is 10.6. The number of ether oxygens (including phenoxy) is 3. The van der Waals surface area contributed by atoms with E-state index in [1.165, 1.54) is 122 Å². The number of allylic oxidation sites excluding steroid dienone is 12. The highest BCUT2D eigenvalue weighted by Crippen LogP contribution is 2.15. The Kier molecular flexibility index (Phi) is 46.0. The number of carbonyl (C=O) groups excluding carboxylic acids is 3. The van der Waals surface area contributed by atoms with Crippen molar-refractivity contribution in [1.29, 1.82) is 0 Å². The number of hydrogen-bond acceptors (Lipinski definition) is 6. The van der Waals surface area contributed by atoms with Gasteiger partial charge in [-0.1, -0.05) is 229 Å². The molecule has 0 aliphatic carbocycles. The van der Waals surface area contributed by atoms with Crippen LogP contribution in [0.1, 0.15) is 233 Å². The first-order valence-corrected chi connectivity index (χ1v) is 25.0. The highest BCUT2D eigenvalue weighted by molar-refractivity contribution is 5.71. The van der Waals surface area contributed by atoms with E-state index in [9.17, 15) is 14.4 Å². The zero-order valence-electron chi connectivity index (χ0n) is 39.2. The molecule has 60 heavy (non-hydrogen) atoms. The molecule has 0 aliphatic rings. The van der Waals surface area contributed by atoms with Crippen molar-refractivity contribution in [2.24, 2.45) is 0 Å². The van der Waals surface area contributed by atoms with Gasteiger partial charge in [0.2, 0.25) is 0 Å². The van der Waals surface area contributed by atoms with Crippen LogP contribution in [0.2, 0.25) is 0 Å². The molecule has 0 aromatic rings. The molecule has 0 saturated carbocycles. The summed E-state index contributed by atoms with van der Waals surface area (Å²) in [5.41, 5.74) is 0. The molecule has 0 fully saturated rings. The van der Waals surface area contributed by atoms with Gasteiger partial charge in [-0.2, -0.15) is 0 Å². The molecule has 0 aromatic heterocycles. The topological polar surface area (TPSA) is 78.9 Å². The number of carbonyl (C=O) groups is 3. The predicted molar refractivity (Wildman–Crippen MR) is 256 cm³/mol. The van der Waals surface area contributed by atoms with Crippen LogP contribution < -0.4 is 0 Å². The second kappa shape index (κ2) is 48.5. The lowest BCUT2D eigenvalue weighted by molar-refractivity contribution is -0.166. The van der Waals surface area contributed by atoms with Gasteiger partial charge < -0.3 is 14.2 Å². The van der Waals surface area contributed by atoms with Crippen LogP contribution in [-0.2, 0) is 28.6 Å². The highest BCUT2D eigenvalue weighted by Gasteiger charge is 2.19. The fourth-order valence-corrected chi connectivity index (χ4v) is 6.80. The van der Waals surface area contributed by atoms with Crippen molar-refractivity contribution in [2.45, 2.75) is 239 Å². The second-order valence-electron chi connectivity index (χ2n) is 16.4. The van der Waals surface area contributed by atoms with Gasteiger partial charge in [0.1, 0.15) is 13.2 Å². The summed E-state index contributed by atoms with van der Waals surface area (Å²) in [7, 11) is 0. The van der Waals surface area contributed by atoms with Gasteiger partial charge in [0.25, 0.3) is 0 Å². The molecule has 0 rings (SSSR count). The van der Waals surface area contributed by atoms with E-state index in [0.717, 1.165) is 57.8 Å². The molecular formula is C54H92O6. The molecule has 1 unspecified atom stereocenters. The van der Waals surface area contributed by atoms with Crippen molar-refractivity contribution in [2.75, 3.05) is 13.2 Å². The zero-order valence-corrected chi connectivity index (χ0v) is 39.2. The Bertz CT molecular complexity index is 1140. The summed E-state index contributed by atoms with van der Waals surface area (Å²) >= 11 is 0. The third kappa shape index (κ3) is 45.9. The van der Waals surface area contributed by atoms with Crippen molar-refractivity contribution >= 4 is 17.9 Å². The van der Waals surface area contributed by atoms with Crippen molar-refractivity contribution in [3.63, 3.8) is 0 Å². The Morgan fingerprint density at radius 1 is 0.367 bits per heavy atom. The van der Waals surface area contributed by atoms with Crippen LogP contribution in [0.25, 0.3) is 0 Å². The van der Waals surface area contributed by atoms with Crippen LogP contribution in [0.5, 0.6) is 0 Å². The van der Waals surface area contributed by atoms with E-state index in [1.54, 1.807) is 0 Å². The molecule has 0 saturated heterocycles. The van der Waals surface area contributed by atoms with Crippen LogP contribution in [0.15, 0.2) is 72.9 Å². The second-order valence-corrected chi connectivity index (χ2v) is 16.4. The maximum atomic E-state index is 12.7. The highest BCUT2D eigenvalue weighted by atomic mass is 16.6. The lowest BCUT2D eigenvalue weighted by atomic mass is 10.0. The largest absolute Gasteiger partial charge is 0.462 e. The van der Waals surface area contributed by atoms with Gasteiger partial charge in [0.15, 0.2) is 6.10 Å². The fraction of sp³-hybridized carbons (Fsp3) is 0.722. The third-order valence-corrected chi connectivity index (χ3v) is 10.6. The zero-order chi connectivity index (χ0) is 43.7. The molecular weight excluding hydrogens is 745 g/mol. The average Bonchev–Trinajstić information content (AvgIpc) is 3.24. The maximum absolute atomic E-state index is 12.7. The predicted octanol–water partition coefficient (Wildman–Crippen LogP) is 16.3. The van der Waals surface area contributed by atoms with E-state index in [0.29, 0.717) is 19.3 Å². The minimum atomic E-state index is -0.815. The summed E-state index contributed by atoms with van der Waals surface area (Å²) in [6.45, 7) is 6.40. The van der Waals surface area contributed by atoms with Gasteiger partial charge in [0.05, 0.1) is 0 Å². The van der Waals surface area contributed by atoms with Gasteiger partial charge in [-0.05, 0) is 57.8 Å². The van der Waals surface area contributed by atoms with Crippen LogP contribution in [0.4, 0.5) is 0 Å². The maximum Gasteiger partial charge on any atom is 0.306 e. The van der Waals surface area contributed by atoms with E-state index in [2.05, 4.69) is 51.2 Å². The Morgan fingerprint density at radius 3 is 1.27 bits per heavy atom. The van der Waals surface area contributed by atoms with E-state index in [4.69, 9.17) is 14.2 Å². The molecule has 1 atom stereocenters. The Hall–Kier alpha value is -3.15. The minimum absolute atomic E-state index is 0.107. The Labute approximate surface area is 370 Å². The van der Waals surface area contributed by atoms with Gasteiger partial charge in [-0.15, -0.1) is 0 Å². The first kappa shape index (κ1) is 56.9. The summed E-state index contributed by atoms with van der Waals surface area (Å²) < 4.78 is 16.7. The molecule has 0 bridgehead atoms. The first-order chi connectivity index (χ1) is 29.5. The van der Waals surface area contributed by atoms with Gasteiger partial charge in [-0.3, -0.25) is 14.4 Å². The summed E-state index contributed by atoms with van der Waals surface area (Å²) in [6, 6.07) is 0. The summed E-state index contributed by atoms with van der Waals surface area (Å²) in [6.07, 6.45) is 60.4. The summed E-state index contributed by atoms with van der Waals surface area (Å²) in [5.74, 6) is -1.02. The summed E-state index contributed by atoms with van der Waals surface area (Å²) in [4.78, 5) is 37.8. The lowest BCUT2D eigenvalue weighted by Crippen LogP contribution is -2.30. The van der Waals surface area contributed by atoms with Crippen LogP contribution >= 0.6 is 0 Å². The lowest BCUT2D eigenvalue weighted by Gasteiger charge is -2.18. The quantitative estimate of drug-likeness (QED) is 0.0200. The van der Waals surface area contributed by atoms with Crippen molar-refractivity contribution in [3.8, 4) is 0 Å². The Morgan fingerprint density at radius 2 is 0.750 bits per heavy atom. The SMILES string of the molecule is CC/C=C/C=C/C=C/C=C/CCCCCC(=O)OC(COC(=O)CC/C=C/C/C=C/CCCCCCCC)COC(=O)CCCCCCCCCCCCCCCCCC. The summed E-state index contributed by atoms with van der Waals surface area (Å²) in [5, 5.41) is 0. The van der Waals surface area contributed by atoms with Gasteiger partial charge in [0, 0.05) is 19.3 Å². The number of hydrogen-bond donors (Lipinski definition) is 0. The molecule has 0 spiro atoms. The molecule has 0 heterocycles. The Balaban J connectivity index is 4.47. The van der Waals surface area contributed by atoms with Gasteiger partial charge in [-0.25, -0.2) is 0 Å². The van der Waals surface area contributed by atoms with E-state index < -0.39 is 6.10 Å². The minimum Gasteiger partial charge on any atom is -0.462 e. The molecule has 344 valence electrons. The molecule has 0 radical (unpaired) electrons. The van der Waals surface area contributed by atoms with E-state index in [-0.39, 0.29) is 44.0 Å². The molecule has 6 heteroatoms. The van der Waals surface area contributed by atoms with E-state index in [1.807, 2.05) is 42.5 Å². The number of esters is 3. The standard InChI is InChI=1S/C54H92O6/c1-4-7-10-13-16-19-22-25-26-27-30-32-35-38-41-44-47-53(56)59-50-51(60-54(57)48-45-42-39-36-33-29-24-21-18-15-12-9-6-3)49-58-52(55)46-43-40-37-34-31-28-23-20-17-14-11-8-5-2/h9,12,15,18,21,24,28-29,31,33,37,40,51H,4-8,10-11,13-14,16-17,19-20,22-23,25-27,30,32,34-36,38-39,41-50H2,1-3H3/b12-9+,18-15+,24-21+,31-28+,33-29+,40-37+. The average molecular weight is 837 g/mol. The number of unbranched alkanes of at least 4 members (excludes halogenated alkanes) is 24. The molecule has 0 amide bonds. The van der Waals surface area contributed by atoms with Crippen LogP contribution in [0.3, 0.4) is 0 Å². The number of rotatable bonds is 44. The van der Waals surface area contributed by atoms with E-state index >= 15 is 0 Å². The molecule has 0 aliphatic heterocycles. The molecule has 6 nitrogen and oxygen atoms in total. The van der Waals surface area contributed by atoms with Gasteiger partial charge >= 0.3 is 17.9 Å². The monoisotopic (exact) mass is 837 g/mol. The van der Waals surface area contributed by atoms with Crippen LogP contribution in [-0.4, -0.2) is 37.2 Å².